The van der Waals surface area contributed by atoms with Gasteiger partial charge in [-0.2, -0.15) is 0 Å². The molecule has 0 N–H and O–H groups in total. The van der Waals surface area contributed by atoms with Crippen LogP contribution < -0.4 is 9.47 Å². The van der Waals surface area contributed by atoms with Gasteiger partial charge in [-0.25, -0.2) is 9.59 Å². The van der Waals surface area contributed by atoms with Crippen LogP contribution in [-0.4, -0.2) is 38.4 Å². The third-order valence-corrected chi connectivity index (χ3v) is 5.38. The minimum absolute atomic E-state index is 0.123. The fourth-order valence-electron chi connectivity index (χ4n) is 3.78. The highest BCUT2D eigenvalue weighted by Crippen LogP contribution is 2.44. The summed E-state index contributed by atoms with van der Waals surface area (Å²) in [6.45, 7) is 11.0. The highest BCUT2D eigenvalue weighted by molar-refractivity contribution is 6.12. The topological polar surface area (TPSA) is 71.1 Å². The minimum atomic E-state index is -0.482. The van der Waals surface area contributed by atoms with E-state index < -0.39 is 11.9 Å². The monoisotopic (exact) mass is 462 g/mol. The van der Waals surface area contributed by atoms with Crippen molar-refractivity contribution in [3.05, 3.63) is 72.8 Å². The summed E-state index contributed by atoms with van der Waals surface area (Å²) >= 11 is 0. The van der Waals surface area contributed by atoms with E-state index in [1.54, 1.807) is 0 Å². The van der Waals surface area contributed by atoms with Crippen LogP contribution in [0.25, 0.3) is 21.5 Å². The van der Waals surface area contributed by atoms with Gasteiger partial charge in [-0.05, 0) is 30.0 Å². The standard InChI is InChI=1S/C28H30O6/c1-5-14-31-24(29)17-33-27-22-11-9-10-20(8-4)26(22)28(34-18-25(30)32-15-6-2)21-13-12-19(7-3)16-23(21)27/h5-6,9-13,16H,1-2,7-8,14-15,17-18H2,3-4H3. The second-order valence-corrected chi connectivity index (χ2v) is 7.61. The lowest BCUT2D eigenvalue weighted by atomic mass is 9.94. The highest BCUT2D eigenvalue weighted by Gasteiger charge is 2.20. The third-order valence-electron chi connectivity index (χ3n) is 5.38. The summed E-state index contributed by atoms with van der Waals surface area (Å²) in [6.07, 6.45) is 4.59. The highest BCUT2D eigenvalue weighted by atomic mass is 16.6. The lowest BCUT2D eigenvalue weighted by Gasteiger charge is -2.20. The third kappa shape index (κ3) is 5.57. The van der Waals surface area contributed by atoms with Crippen LogP contribution in [0.4, 0.5) is 0 Å². The molecule has 0 atom stereocenters. The predicted molar refractivity (Wildman–Crippen MR) is 134 cm³/mol. The summed E-state index contributed by atoms with van der Waals surface area (Å²) < 4.78 is 22.3. The summed E-state index contributed by atoms with van der Waals surface area (Å²) in [4.78, 5) is 24.3. The molecular weight excluding hydrogens is 432 g/mol. The van der Waals surface area contributed by atoms with Crippen molar-refractivity contribution < 1.29 is 28.5 Å². The minimum Gasteiger partial charge on any atom is -0.481 e. The molecule has 3 aromatic rings. The van der Waals surface area contributed by atoms with Crippen LogP contribution in [0.1, 0.15) is 25.0 Å². The molecule has 0 unspecified atom stereocenters. The van der Waals surface area contributed by atoms with E-state index in [9.17, 15) is 9.59 Å². The molecule has 0 bridgehead atoms. The second kappa shape index (κ2) is 11.9. The van der Waals surface area contributed by atoms with Gasteiger partial charge in [0.15, 0.2) is 13.2 Å². The Morgan fingerprint density at radius 2 is 1.44 bits per heavy atom. The Hall–Kier alpha value is -3.80. The van der Waals surface area contributed by atoms with Crippen molar-refractivity contribution in [1.29, 1.82) is 0 Å². The summed E-state index contributed by atoms with van der Waals surface area (Å²) in [7, 11) is 0. The quantitative estimate of drug-likeness (QED) is 0.206. The second-order valence-electron chi connectivity index (χ2n) is 7.61. The van der Waals surface area contributed by atoms with Crippen LogP contribution in [0.15, 0.2) is 61.7 Å². The van der Waals surface area contributed by atoms with E-state index in [-0.39, 0.29) is 26.4 Å². The number of hydrogen-bond donors (Lipinski definition) is 0. The van der Waals surface area contributed by atoms with Crippen molar-refractivity contribution in [2.24, 2.45) is 0 Å². The SMILES string of the molecule is C=CCOC(=O)COc1c2cc(CC)ccc2c(OCC(=O)OCC=C)c2c(CC)cccc12. The number of rotatable bonds is 12. The molecule has 0 aromatic heterocycles. The molecule has 0 radical (unpaired) electrons. The van der Waals surface area contributed by atoms with E-state index in [0.29, 0.717) is 11.5 Å². The van der Waals surface area contributed by atoms with E-state index in [4.69, 9.17) is 18.9 Å². The Bertz CT molecular complexity index is 1210. The first-order valence-electron chi connectivity index (χ1n) is 11.3. The number of carbonyl (C=O) groups is 2. The number of fused-ring (bicyclic) bond motifs is 2. The maximum atomic E-state index is 12.2. The first-order valence-corrected chi connectivity index (χ1v) is 11.3. The average Bonchev–Trinajstić information content (AvgIpc) is 2.87. The molecule has 0 spiro atoms. The van der Waals surface area contributed by atoms with E-state index in [0.717, 1.165) is 45.5 Å². The molecule has 6 nitrogen and oxygen atoms in total. The molecule has 0 saturated heterocycles. The van der Waals surface area contributed by atoms with E-state index in [1.807, 2.05) is 36.4 Å². The van der Waals surface area contributed by atoms with Crippen molar-refractivity contribution in [3.63, 3.8) is 0 Å². The zero-order valence-electron chi connectivity index (χ0n) is 19.7. The normalized spacial score (nSPS) is 10.6. The summed E-state index contributed by atoms with van der Waals surface area (Å²) in [5.41, 5.74) is 2.14. The number of ether oxygens (including phenoxy) is 4. The lowest BCUT2D eigenvalue weighted by Crippen LogP contribution is -2.16. The first kappa shape index (κ1) is 24.8. The van der Waals surface area contributed by atoms with E-state index >= 15 is 0 Å². The first-order chi connectivity index (χ1) is 16.5. The molecule has 3 rings (SSSR count). The maximum Gasteiger partial charge on any atom is 0.344 e. The van der Waals surface area contributed by atoms with Crippen LogP contribution in [0, 0.1) is 0 Å². The summed E-state index contributed by atoms with van der Waals surface area (Å²) in [5.74, 6) is 0.199. The number of carbonyl (C=O) groups excluding carboxylic acids is 2. The molecule has 0 aliphatic heterocycles. The molecule has 3 aromatic carbocycles. The van der Waals surface area contributed by atoms with Gasteiger partial charge in [0, 0.05) is 21.5 Å². The zero-order chi connectivity index (χ0) is 24.5. The van der Waals surface area contributed by atoms with Crippen molar-refractivity contribution in [3.8, 4) is 11.5 Å². The average molecular weight is 463 g/mol. The predicted octanol–water partition coefficient (Wildman–Crippen LogP) is 5.33. The van der Waals surface area contributed by atoms with Gasteiger partial charge < -0.3 is 18.9 Å². The molecule has 6 heteroatoms. The van der Waals surface area contributed by atoms with Gasteiger partial charge in [-0.15, -0.1) is 0 Å². The van der Waals surface area contributed by atoms with Crippen LogP contribution >= 0.6 is 0 Å². The molecule has 0 saturated carbocycles. The van der Waals surface area contributed by atoms with Crippen molar-refractivity contribution in [1.82, 2.24) is 0 Å². The number of benzene rings is 3. The van der Waals surface area contributed by atoms with Gasteiger partial charge in [-0.3, -0.25) is 0 Å². The smallest absolute Gasteiger partial charge is 0.344 e. The Kier molecular flexibility index (Phi) is 8.68. The van der Waals surface area contributed by atoms with Gasteiger partial charge in [0.1, 0.15) is 24.7 Å². The Labute approximate surface area is 199 Å². The summed E-state index contributed by atoms with van der Waals surface area (Å²) in [5, 5.41) is 3.22. The molecular formula is C28H30O6. The number of aryl methyl sites for hydroxylation is 2. The molecule has 34 heavy (non-hydrogen) atoms. The van der Waals surface area contributed by atoms with Crippen LogP contribution in [0.3, 0.4) is 0 Å². The molecule has 178 valence electrons. The van der Waals surface area contributed by atoms with Crippen molar-refractivity contribution >= 4 is 33.5 Å². The number of esters is 2. The Morgan fingerprint density at radius 1 is 0.794 bits per heavy atom. The van der Waals surface area contributed by atoms with Crippen LogP contribution in [-0.2, 0) is 31.9 Å². The fourth-order valence-corrected chi connectivity index (χ4v) is 3.78. The molecule has 0 amide bonds. The van der Waals surface area contributed by atoms with Gasteiger partial charge in [0.05, 0.1) is 0 Å². The maximum absolute atomic E-state index is 12.2. The number of hydrogen-bond acceptors (Lipinski definition) is 6. The largest absolute Gasteiger partial charge is 0.481 e. The Morgan fingerprint density at radius 3 is 2.03 bits per heavy atom. The van der Waals surface area contributed by atoms with E-state index in [2.05, 4.69) is 27.0 Å². The summed E-state index contributed by atoms with van der Waals surface area (Å²) in [6, 6.07) is 11.9. The van der Waals surface area contributed by atoms with Gasteiger partial charge in [0.25, 0.3) is 0 Å². The van der Waals surface area contributed by atoms with E-state index in [1.165, 1.54) is 12.2 Å². The van der Waals surface area contributed by atoms with Gasteiger partial charge >= 0.3 is 11.9 Å². The molecule has 0 aliphatic rings. The van der Waals surface area contributed by atoms with Crippen molar-refractivity contribution in [2.75, 3.05) is 26.4 Å². The van der Waals surface area contributed by atoms with Gasteiger partial charge in [0.2, 0.25) is 0 Å². The molecule has 0 fully saturated rings. The fraction of sp³-hybridized carbons (Fsp3) is 0.286. The van der Waals surface area contributed by atoms with Crippen LogP contribution in [0.5, 0.6) is 11.5 Å². The molecule has 0 heterocycles. The van der Waals surface area contributed by atoms with Crippen LogP contribution in [0.2, 0.25) is 0 Å². The zero-order valence-corrected chi connectivity index (χ0v) is 19.7. The van der Waals surface area contributed by atoms with Crippen molar-refractivity contribution in [2.45, 2.75) is 26.7 Å². The lowest BCUT2D eigenvalue weighted by molar-refractivity contribution is -0.145. The van der Waals surface area contributed by atoms with Gasteiger partial charge in [-0.1, -0.05) is 69.5 Å². The molecule has 0 aliphatic carbocycles. The Balaban J connectivity index is 2.17.